The Morgan fingerprint density at radius 1 is 1.28 bits per heavy atom. The van der Waals surface area contributed by atoms with Crippen LogP contribution in [-0.2, 0) is 17.6 Å². The first-order valence-electron chi connectivity index (χ1n) is 9.49. The second-order valence-corrected chi connectivity index (χ2v) is 8.94. The van der Waals surface area contributed by atoms with Gasteiger partial charge in [0.2, 0.25) is 0 Å². The Bertz CT molecular complexity index is 1210. The first kappa shape index (κ1) is 18.4. The molecule has 1 aliphatic rings. The van der Waals surface area contributed by atoms with E-state index >= 15 is 0 Å². The van der Waals surface area contributed by atoms with Gasteiger partial charge in [-0.15, -0.1) is 0 Å². The van der Waals surface area contributed by atoms with Gasteiger partial charge in [0.05, 0.1) is 10.0 Å². The van der Waals surface area contributed by atoms with E-state index in [9.17, 15) is 4.79 Å². The molecule has 146 valence electrons. The Balaban J connectivity index is 1.37. The van der Waals surface area contributed by atoms with Crippen molar-refractivity contribution in [2.24, 2.45) is 0 Å². The normalized spacial score (nSPS) is 13.9. The maximum absolute atomic E-state index is 12.8. The SMILES string of the molecule is Cc1nc2c(C3CC3)c(CC(=O)Cc3cnc(-n4cccn4)c(Cl)c3)cnc2s1. The molecule has 1 aliphatic carbocycles. The minimum Gasteiger partial charge on any atom is -0.299 e. The van der Waals surface area contributed by atoms with Crippen LogP contribution in [0, 0.1) is 6.92 Å². The van der Waals surface area contributed by atoms with Crippen molar-refractivity contribution >= 4 is 39.1 Å². The monoisotopic (exact) mass is 423 g/mol. The lowest BCUT2D eigenvalue weighted by Crippen LogP contribution is -2.10. The van der Waals surface area contributed by atoms with Crippen LogP contribution in [0.25, 0.3) is 16.2 Å². The number of hydrogen-bond donors (Lipinski definition) is 0. The molecule has 6 nitrogen and oxygen atoms in total. The molecule has 4 aromatic rings. The number of aryl methyl sites for hydroxylation is 1. The third-order valence-corrected chi connectivity index (χ3v) is 6.19. The highest BCUT2D eigenvalue weighted by molar-refractivity contribution is 7.18. The summed E-state index contributed by atoms with van der Waals surface area (Å²) in [7, 11) is 0. The molecule has 0 spiro atoms. The molecular formula is C21H18ClN5OS. The molecule has 0 saturated heterocycles. The van der Waals surface area contributed by atoms with E-state index in [2.05, 4.69) is 20.1 Å². The molecule has 0 atom stereocenters. The summed E-state index contributed by atoms with van der Waals surface area (Å²) in [4.78, 5) is 27.4. The molecule has 1 saturated carbocycles. The maximum Gasteiger partial charge on any atom is 0.172 e. The zero-order chi connectivity index (χ0) is 20.0. The summed E-state index contributed by atoms with van der Waals surface area (Å²) >= 11 is 7.96. The predicted molar refractivity (Wildman–Crippen MR) is 113 cm³/mol. The standard InChI is InChI=1S/C21H18ClN5OS/c1-12-26-19-18(14-3-4-14)15(11-24-21(19)29-12)9-16(28)7-13-8-17(22)20(23-10-13)27-6-2-5-25-27/h2,5-6,8,10-11,14H,3-4,7,9H2,1H3. The van der Waals surface area contributed by atoms with E-state index in [4.69, 9.17) is 11.6 Å². The fraction of sp³-hybridized carbons (Fsp3) is 0.286. The summed E-state index contributed by atoms with van der Waals surface area (Å²) in [6.45, 7) is 2.00. The topological polar surface area (TPSA) is 73.6 Å². The van der Waals surface area contributed by atoms with Crippen molar-refractivity contribution < 1.29 is 4.79 Å². The van der Waals surface area contributed by atoms with Crippen LogP contribution in [-0.4, -0.2) is 30.5 Å². The minimum atomic E-state index is 0.115. The summed E-state index contributed by atoms with van der Waals surface area (Å²) < 4.78 is 1.60. The number of ketones is 1. The number of rotatable bonds is 6. The minimum absolute atomic E-state index is 0.115. The van der Waals surface area contributed by atoms with Crippen molar-refractivity contribution in [1.82, 2.24) is 24.7 Å². The fourth-order valence-corrected chi connectivity index (χ4v) is 4.69. The molecule has 0 radical (unpaired) electrons. The maximum atomic E-state index is 12.8. The number of hydrogen-bond acceptors (Lipinski definition) is 6. The van der Waals surface area contributed by atoms with E-state index in [1.54, 1.807) is 40.7 Å². The van der Waals surface area contributed by atoms with Crippen LogP contribution < -0.4 is 0 Å². The molecule has 0 aromatic carbocycles. The first-order valence-corrected chi connectivity index (χ1v) is 10.7. The zero-order valence-corrected chi connectivity index (χ0v) is 17.4. The van der Waals surface area contributed by atoms with E-state index < -0.39 is 0 Å². The van der Waals surface area contributed by atoms with Gasteiger partial charge < -0.3 is 0 Å². The number of nitrogens with zero attached hydrogens (tertiary/aromatic N) is 5. The van der Waals surface area contributed by atoms with Gasteiger partial charge in [0.1, 0.15) is 16.1 Å². The van der Waals surface area contributed by atoms with Gasteiger partial charge in [-0.1, -0.05) is 22.9 Å². The zero-order valence-electron chi connectivity index (χ0n) is 15.8. The third kappa shape index (κ3) is 3.68. The Morgan fingerprint density at radius 3 is 2.86 bits per heavy atom. The summed E-state index contributed by atoms with van der Waals surface area (Å²) in [5, 5.41) is 5.62. The molecule has 0 unspecified atom stereocenters. The number of carbonyl (C=O) groups excluding carboxylic acids is 1. The van der Waals surface area contributed by atoms with Gasteiger partial charge in [-0.2, -0.15) is 5.10 Å². The van der Waals surface area contributed by atoms with Crippen molar-refractivity contribution in [1.29, 1.82) is 0 Å². The smallest absolute Gasteiger partial charge is 0.172 e. The fourth-order valence-electron chi connectivity index (χ4n) is 3.64. The number of fused-ring (bicyclic) bond motifs is 1. The van der Waals surface area contributed by atoms with Crippen LogP contribution in [0.15, 0.2) is 36.9 Å². The van der Waals surface area contributed by atoms with Crippen molar-refractivity contribution in [2.75, 3.05) is 0 Å². The quantitative estimate of drug-likeness (QED) is 0.457. The van der Waals surface area contributed by atoms with E-state index in [1.165, 1.54) is 5.56 Å². The molecule has 4 heterocycles. The Hall–Kier alpha value is -2.64. The van der Waals surface area contributed by atoms with Crippen molar-refractivity contribution in [2.45, 2.75) is 38.5 Å². The lowest BCUT2D eigenvalue weighted by molar-refractivity contribution is -0.117. The lowest BCUT2D eigenvalue weighted by atomic mass is 9.98. The number of thiazole rings is 1. The molecular weight excluding hydrogens is 406 g/mol. The van der Waals surface area contributed by atoms with Gasteiger partial charge in [-0.05, 0) is 54.5 Å². The number of Topliss-reactive ketones (excluding diaryl/α,β-unsaturated/α-hetero) is 1. The highest BCUT2D eigenvalue weighted by Crippen LogP contribution is 2.45. The summed E-state index contributed by atoms with van der Waals surface area (Å²) in [5.74, 6) is 1.18. The van der Waals surface area contributed by atoms with Gasteiger partial charge in [-0.25, -0.2) is 19.6 Å². The van der Waals surface area contributed by atoms with Crippen molar-refractivity contribution in [3.8, 4) is 5.82 Å². The first-order chi connectivity index (χ1) is 14.1. The molecule has 0 aliphatic heterocycles. The average molecular weight is 424 g/mol. The second kappa shape index (κ2) is 7.31. The molecule has 0 amide bonds. The summed E-state index contributed by atoms with van der Waals surface area (Å²) in [6.07, 6.45) is 9.94. The molecule has 1 fully saturated rings. The predicted octanol–water partition coefficient (Wildman–Crippen LogP) is 4.47. The van der Waals surface area contributed by atoms with Crippen molar-refractivity contribution in [3.05, 3.63) is 63.6 Å². The van der Waals surface area contributed by atoms with Gasteiger partial charge >= 0.3 is 0 Å². The Morgan fingerprint density at radius 2 is 2.14 bits per heavy atom. The molecule has 4 aromatic heterocycles. The van der Waals surface area contributed by atoms with Crippen molar-refractivity contribution in [3.63, 3.8) is 0 Å². The van der Waals surface area contributed by atoms with E-state index in [0.717, 1.165) is 39.3 Å². The molecule has 5 rings (SSSR count). The molecule has 0 N–H and O–H groups in total. The lowest BCUT2D eigenvalue weighted by Gasteiger charge is -2.09. The van der Waals surface area contributed by atoms with E-state index in [-0.39, 0.29) is 12.2 Å². The van der Waals surface area contributed by atoms with E-state index in [0.29, 0.717) is 23.2 Å². The molecule has 8 heteroatoms. The molecule has 0 bridgehead atoms. The van der Waals surface area contributed by atoms with Crippen LogP contribution in [0.4, 0.5) is 0 Å². The highest BCUT2D eigenvalue weighted by atomic mass is 35.5. The summed E-state index contributed by atoms with van der Waals surface area (Å²) in [6, 6.07) is 3.60. The van der Waals surface area contributed by atoms with Crippen LogP contribution >= 0.6 is 22.9 Å². The van der Waals surface area contributed by atoms with Crippen LogP contribution in [0.1, 0.15) is 40.5 Å². The van der Waals surface area contributed by atoms with Gasteiger partial charge in [0.15, 0.2) is 5.82 Å². The van der Waals surface area contributed by atoms with Crippen LogP contribution in [0.5, 0.6) is 0 Å². The average Bonchev–Trinajstić information content (AvgIpc) is 3.21. The van der Waals surface area contributed by atoms with Gasteiger partial charge in [-0.3, -0.25) is 4.79 Å². The Labute approximate surface area is 176 Å². The number of aromatic nitrogens is 5. The summed E-state index contributed by atoms with van der Waals surface area (Å²) in [5.41, 5.74) is 4.00. The van der Waals surface area contributed by atoms with Crippen LogP contribution in [0.2, 0.25) is 5.02 Å². The van der Waals surface area contributed by atoms with E-state index in [1.807, 2.05) is 19.2 Å². The van der Waals surface area contributed by atoms with Gasteiger partial charge in [0, 0.05) is 37.6 Å². The number of halogens is 1. The number of pyridine rings is 2. The Kier molecular flexibility index (Phi) is 4.64. The van der Waals surface area contributed by atoms with Gasteiger partial charge in [0.25, 0.3) is 0 Å². The number of carbonyl (C=O) groups is 1. The third-order valence-electron chi connectivity index (χ3n) is 5.03. The van der Waals surface area contributed by atoms with Crippen LogP contribution in [0.3, 0.4) is 0 Å². The molecule has 29 heavy (non-hydrogen) atoms. The largest absolute Gasteiger partial charge is 0.299 e. The second-order valence-electron chi connectivity index (χ2n) is 7.35. The highest BCUT2D eigenvalue weighted by Gasteiger charge is 2.30.